The van der Waals surface area contributed by atoms with E-state index >= 15 is 0 Å². The summed E-state index contributed by atoms with van der Waals surface area (Å²) in [4.78, 5) is 0. The Morgan fingerprint density at radius 2 is 2.28 bits per heavy atom. The van der Waals surface area contributed by atoms with Crippen LogP contribution in [0.2, 0.25) is 0 Å². The number of aromatic nitrogens is 1. The summed E-state index contributed by atoms with van der Waals surface area (Å²) in [7, 11) is 0. The van der Waals surface area contributed by atoms with Crippen molar-refractivity contribution in [2.75, 3.05) is 17.7 Å². The van der Waals surface area contributed by atoms with Crippen LogP contribution in [0.1, 0.15) is 19.0 Å². The highest BCUT2D eigenvalue weighted by molar-refractivity contribution is 5.59. The highest BCUT2D eigenvalue weighted by atomic mass is 16.5. The van der Waals surface area contributed by atoms with Crippen LogP contribution in [0.5, 0.6) is 5.75 Å². The molecule has 0 fully saturated rings. The topological polar surface area (TPSA) is 73.3 Å². The van der Waals surface area contributed by atoms with Crippen molar-refractivity contribution in [3.8, 4) is 5.75 Å². The molecule has 0 radical (unpaired) electrons. The molecule has 0 aliphatic carbocycles. The second-order valence-corrected chi connectivity index (χ2v) is 3.98. The molecule has 0 atom stereocenters. The third-order valence-electron chi connectivity index (χ3n) is 2.37. The lowest BCUT2D eigenvalue weighted by molar-refractivity contribution is 0.318. The van der Waals surface area contributed by atoms with Gasteiger partial charge in [-0.3, -0.25) is 0 Å². The van der Waals surface area contributed by atoms with E-state index < -0.39 is 0 Å². The third-order valence-corrected chi connectivity index (χ3v) is 2.37. The summed E-state index contributed by atoms with van der Waals surface area (Å²) >= 11 is 0. The maximum absolute atomic E-state index is 5.83. The molecule has 0 bridgehead atoms. The van der Waals surface area contributed by atoms with Gasteiger partial charge in [0.05, 0.1) is 13.2 Å². The van der Waals surface area contributed by atoms with Gasteiger partial charge in [-0.2, -0.15) is 0 Å². The average molecular weight is 247 g/mol. The minimum absolute atomic E-state index is 0.590. The fourth-order valence-corrected chi connectivity index (χ4v) is 1.55. The van der Waals surface area contributed by atoms with Crippen LogP contribution >= 0.6 is 0 Å². The monoisotopic (exact) mass is 247 g/mol. The number of nitrogen functional groups attached to an aromatic ring is 1. The van der Waals surface area contributed by atoms with E-state index in [1.165, 1.54) is 0 Å². The van der Waals surface area contributed by atoms with Crippen LogP contribution in [0.25, 0.3) is 0 Å². The maximum Gasteiger partial charge on any atom is 0.124 e. The number of ether oxygens (including phenoxy) is 1. The molecule has 0 spiro atoms. The summed E-state index contributed by atoms with van der Waals surface area (Å²) in [6.07, 6.45) is 2.52. The molecular formula is C13H17N3O2. The Hall–Kier alpha value is -2.17. The second-order valence-electron chi connectivity index (χ2n) is 3.98. The highest BCUT2D eigenvalue weighted by Gasteiger charge is 2.01. The normalized spacial score (nSPS) is 10.3. The molecule has 1 heterocycles. The molecule has 0 aliphatic rings. The van der Waals surface area contributed by atoms with Crippen molar-refractivity contribution in [1.82, 2.24) is 5.16 Å². The van der Waals surface area contributed by atoms with Crippen molar-refractivity contribution < 1.29 is 9.26 Å². The zero-order valence-corrected chi connectivity index (χ0v) is 10.3. The number of hydrogen-bond donors (Lipinski definition) is 2. The van der Waals surface area contributed by atoms with E-state index in [0.717, 1.165) is 23.6 Å². The number of benzene rings is 1. The molecule has 0 saturated carbocycles. The number of nitrogens with one attached hydrogen (secondary N) is 1. The molecule has 0 amide bonds. The third kappa shape index (κ3) is 3.41. The molecule has 0 saturated heterocycles. The maximum atomic E-state index is 5.83. The SMILES string of the molecule is CCCOc1cc(N)cc(NCc2ccon2)c1. The molecule has 3 N–H and O–H groups in total. The van der Waals surface area contributed by atoms with Crippen LogP contribution in [-0.2, 0) is 6.54 Å². The zero-order chi connectivity index (χ0) is 12.8. The molecule has 1 aromatic heterocycles. The Bertz CT molecular complexity index is 483. The summed E-state index contributed by atoms with van der Waals surface area (Å²) in [5, 5.41) is 7.05. The quantitative estimate of drug-likeness (QED) is 0.768. The predicted octanol–water partition coefficient (Wildman–Crippen LogP) is 2.66. The van der Waals surface area contributed by atoms with Crippen LogP contribution in [0.3, 0.4) is 0 Å². The van der Waals surface area contributed by atoms with E-state index in [1.807, 2.05) is 24.3 Å². The van der Waals surface area contributed by atoms with Crippen molar-refractivity contribution in [2.24, 2.45) is 0 Å². The van der Waals surface area contributed by atoms with Gasteiger partial charge in [0.15, 0.2) is 0 Å². The molecule has 0 aliphatic heterocycles. The van der Waals surface area contributed by atoms with Crippen LogP contribution in [0, 0.1) is 0 Å². The molecule has 0 unspecified atom stereocenters. The van der Waals surface area contributed by atoms with E-state index in [-0.39, 0.29) is 0 Å². The van der Waals surface area contributed by atoms with Crippen LogP contribution in [0.15, 0.2) is 35.1 Å². The lowest BCUT2D eigenvalue weighted by Gasteiger charge is -2.10. The zero-order valence-electron chi connectivity index (χ0n) is 10.3. The first-order chi connectivity index (χ1) is 8.78. The molecule has 2 aromatic rings. The standard InChI is InChI=1S/C13H17N3O2/c1-2-4-17-13-7-10(14)6-12(8-13)15-9-11-3-5-18-16-11/h3,5-8,15H,2,4,9,14H2,1H3. The molecule has 5 nitrogen and oxygen atoms in total. The van der Waals surface area contributed by atoms with Gasteiger partial charge in [-0.05, 0) is 12.5 Å². The van der Waals surface area contributed by atoms with E-state index in [0.29, 0.717) is 18.8 Å². The smallest absolute Gasteiger partial charge is 0.124 e. The minimum Gasteiger partial charge on any atom is -0.493 e. The lowest BCUT2D eigenvalue weighted by Crippen LogP contribution is -2.02. The summed E-state index contributed by atoms with van der Waals surface area (Å²) in [5.74, 6) is 0.777. The predicted molar refractivity (Wildman–Crippen MR) is 70.5 cm³/mol. The van der Waals surface area contributed by atoms with Gasteiger partial charge in [0.1, 0.15) is 17.7 Å². The van der Waals surface area contributed by atoms with E-state index in [4.69, 9.17) is 15.0 Å². The van der Waals surface area contributed by atoms with Crippen molar-refractivity contribution in [3.63, 3.8) is 0 Å². The first kappa shape index (κ1) is 12.3. The Kier molecular flexibility index (Phi) is 4.06. The minimum atomic E-state index is 0.590. The number of nitrogens with two attached hydrogens (primary N) is 1. The Morgan fingerprint density at radius 3 is 3.00 bits per heavy atom. The molecule has 5 heteroatoms. The first-order valence-corrected chi connectivity index (χ1v) is 5.94. The van der Waals surface area contributed by atoms with Gasteiger partial charge in [0.2, 0.25) is 0 Å². The number of rotatable bonds is 6. The van der Waals surface area contributed by atoms with Crippen LogP contribution in [0.4, 0.5) is 11.4 Å². The number of nitrogens with zero attached hydrogens (tertiary/aromatic N) is 1. The van der Waals surface area contributed by atoms with Gasteiger partial charge in [-0.15, -0.1) is 0 Å². The van der Waals surface area contributed by atoms with Crippen molar-refractivity contribution in [2.45, 2.75) is 19.9 Å². The molecule has 96 valence electrons. The Morgan fingerprint density at radius 1 is 1.39 bits per heavy atom. The van der Waals surface area contributed by atoms with Crippen LogP contribution in [-0.4, -0.2) is 11.8 Å². The number of hydrogen-bond acceptors (Lipinski definition) is 5. The first-order valence-electron chi connectivity index (χ1n) is 5.94. The van der Waals surface area contributed by atoms with Crippen molar-refractivity contribution in [1.29, 1.82) is 0 Å². The van der Waals surface area contributed by atoms with Crippen molar-refractivity contribution in [3.05, 3.63) is 36.2 Å². The molecule has 18 heavy (non-hydrogen) atoms. The average Bonchev–Trinajstić information content (AvgIpc) is 2.86. The van der Waals surface area contributed by atoms with Gasteiger partial charge in [0.25, 0.3) is 0 Å². The number of anilines is 2. The fraction of sp³-hybridized carbons (Fsp3) is 0.308. The van der Waals surface area contributed by atoms with E-state index in [1.54, 1.807) is 6.26 Å². The highest BCUT2D eigenvalue weighted by Crippen LogP contribution is 2.23. The van der Waals surface area contributed by atoms with Gasteiger partial charge in [0, 0.05) is 29.6 Å². The summed E-state index contributed by atoms with van der Waals surface area (Å²) in [6.45, 7) is 3.34. The fourth-order valence-electron chi connectivity index (χ4n) is 1.55. The summed E-state index contributed by atoms with van der Waals surface area (Å²) in [5.41, 5.74) is 8.25. The van der Waals surface area contributed by atoms with Crippen molar-refractivity contribution >= 4 is 11.4 Å². The molecule has 1 aromatic carbocycles. The van der Waals surface area contributed by atoms with Gasteiger partial charge in [-0.1, -0.05) is 12.1 Å². The van der Waals surface area contributed by atoms with Crippen LogP contribution < -0.4 is 15.8 Å². The lowest BCUT2D eigenvalue weighted by atomic mass is 10.2. The van der Waals surface area contributed by atoms with Gasteiger partial charge in [-0.25, -0.2) is 0 Å². The largest absolute Gasteiger partial charge is 0.493 e. The molecule has 2 rings (SSSR count). The summed E-state index contributed by atoms with van der Waals surface area (Å²) in [6, 6.07) is 7.41. The molecular weight excluding hydrogens is 230 g/mol. The van der Waals surface area contributed by atoms with Gasteiger partial charge < -0.3 is 20.3 Å². The second kappa shape index (κ2) is 5.95. The Labute approximate surface area is 106 Å². The summed E-state index contributed by atoms with van der Waals surface area (Å²) < 4.78 is 10.3. The van der Waals surface area contributed by atoms with Gasteiger partial charge >= 0.3 is 0 Å². The van der Waals surface area contributed by atoms with E-state index in [2.05, 4.69) is 17.4 Å². The van der Waals surface area contributed by atoms with E-state index in [9.17, 15) is 0 Å². The Balaban J connectivity index is 2.00.